The van der Waals surface area contributed by atoms with Crippen molar-refractivity contribution in [2.45, 2.75) is 37.8 Å². The summed E-state index contributed by atoms with van der Waals surface area (Å²) in [7, 11) is 0. The van der Waals surface area contributed by atoms with Crippen LogP contribution in [0.4, 0.5) is 0 Å². The number of hydrogen-bond donors (Lipinski definition) is 1. The average Bonchev–Trinajstić information content (AvgIpc) is 2.26. The molecule has 1 fully saturated rings. The Labute approximate surface area is 96.8 Å². The minimum absolute atomic E-state index is 0.134. The van der Waals surface area contributed by atoms with E-state index in [-0.39, 0.29) is 12.1 Å². The summed E-state index contributed by atoms with van der Waals surface area (Å²) >= 11 is 0. The lowest BCUT2D eigenvalue weighted by atomic mass is 9.76. The number of rotatable bonds is 2. The van der Waals surface area contributed by atoms with Crippen molar-refractivity contribution in [3.63, 3.8) is 0 Å². The molecule has 0 spiro atoms. The zero-order valence-electron chi connectivity index (χ0n) is 9.56. The van der Waals surface area contributed by atoms with Gasteiger partial charge in [0.15, 0.2) is 0 Å². The van der Waals surface area contributed by atoms with E-state index >= 15 is 0 Å². The Hall–Kier alpha value is -0.860. The minimum atomic E-state index is 0.134. The van der Waals surface area contributed by atoms with Gasteiger partial charge in [0.25, 0.3) is 0 Å². The second-order valence-corrected chi connectivity index (χ2v) is 5.01. The molecular formula is C14H19NO. The third kappa shape index (κ3) is 1.66. The Bertz CT molecular complexity index is 373. The van der Waals surface area contributed by atoms with Gasteiger partial charge in [-0.2, -0.15) is 0 Å². The van der Waals surface area contributed by atoms with Crippen LogP contribution in [0.5, 0.6) is 0 Å². The average molecular weight is 217 g/mol. The summed E-state index contributed by atoms with van der Waals surface area (Å²) in [6.45, 7) is 0.822. The van der Waals surface area contributed by atoms with Crippen LogP contribution in [-0.4, -0.2) is 12.6 Å². The van der Waals surface area contributed by atoms with Crippen LogP contribution in [0.2, 0.25) is 0 Å². The molecule has 1 heterocycles. The van der Waals surface area contributed by atoms with Gasteiger partial charge in [0, 0.05) is 6.04 Å². The van der Waals surface area contributed by atoms with Gasteiger partial charge in [-0.3, -0.25) is 0 Å². The van der Waals surface area contributed by atoms with Crippen molar-refractivity contribution >= 4 is 0 Å². The minimum Gasteiger partial charge on any atom is -0.372 e. The van der Waals surface area contributed by atoms with Crippen LogP contribution in [0.15, 0.2) is 24.3 Å². The second kappa shape index (κ2) is 4.19. The van der Waals surface area contributed by atoms with E-state index < -0.39 is 0 Å². The monoisotopic (exact) mass is 217 g/mol. The molecule has 16 heavy (non-hydrogen) atoms. The topological polar surface area (TPSA) is 35.2 Å². The van der Waals surface area contributed by atoms with E-state index in [0.29, 0.717) is 5.92 Å². The van der Waals surface area contributed by atoms with Gasteiger partial charge in [-0.05, 0) is 36.3 Å². The Kier molecular flexibility index (Phi) is 2.70. The lowest BCUT2D eigenvalue weighted by Gasteiger charge is -2.38. The summed E-state index contributed by atoms with van der Waals surface area (Å²) in [5.41, 5.74) is 9.10. The van der Waals surface area contributed by atoms with Crippen molar-refractivity contribution in [1.82, 2.24) is 0 Å². The maximum absolute atomic E-state index is 6.34. The van der Waals surface area contributed by atoms with E-state index in [0.717, 1.165) is 13.0 Å². The second-order valence-electron chi connectivity index (χ2n) is 5.01. The maximum atomic E-state index is 6.34. The van der Waals surface area contributed by atoms with Gasteiger partial charge in [0.05, 0.1) is 12.7 Å². The fourth-order valence-corrected chi connectivity index (χ4v) is 2.82. The molecule has 1 aliphatic heterocycles. The van der Waals surface area contributed by atoms with Gasteiger partial charge < -0.3 is 10.5 Å². The van der Waals surface area contributed by atoms with E-state index in [1.54, 1.807) is 0 Å². The molecule has 1 aromatic rings. The third-order valence-corrected chi connectivity index (χ3v) is 4.07. The normalized spacial score (nSPS) is 26.9. The lowest BCUT2D eigenvalue weighted by molar-refractivity contribution is -0.000194. The van der Waals surface area contributed by atoms with Gasteiger partial charge >= 0.3 is 0 Å². The Balaban J connectivity index is 1.86. The highest BCUT2D eigenvalue weighted by Crippen LogP contribution is 2.38. The highest BCUT2D eigenvalue weighted by molar-refractivity contribution is 5.32. The van der Waals surface area contributed by atoms with Gasteiger partial charge in [-0.15, -0.1) is 0 Å². The molecule has 0 radical (unpaired) electrons. The molecule has 1 aliphatic carbocycles. The van der Waals surface area contributed by atoms with Crippen LogP contribution in [-0.2, 0) is 11.2 Å². The van der Waals surface area contributed by atoms with Gasteiger partial charge in [-0.25, -0.2) is 0 Å². The summed E-state index contributed by atoms with van der Waals surface area (Å²) in [5.74, 6) is 0.677. The van der Waals surface area contributed by atoms with Crippen molar-refractivity contribution in [2.75, 3.05) is 6.61 Å². The summed E-state index contributed by atoms with van der Waals surface area (Å²) in [6.07, 6.45) is 5.07. The van der Waals surface area contributed by atoms with Crippen molar-refractivity contribution in [3.05, 3.63) is 35.4 Å². The molecule has 0 saturated heterocycles. The highest BCUT2D eigenvalue weighted by Gasteiger charge is 2.34. The van der Waals surface area contributed by atoms with E-state index in [4.69, 9.17) is 10.5 Å². The van der Waals surface area contributed by atoms with E-state index in [1.165, 1.54) is 30.4 Å². The number of nitrogens with two attached hydrogens (primary N) is 1. The molecule has 1 aromatic carbocycles. The Morgan fingerprint density at radius 1 is 1.25 bits per heavy atom. The smallest absolute Gasteiger partial charge is 0.0981 e. The molecule has 2 N–H and O–H groups in total. The number of fused-ring (bicyclic) bond motifs is 1. The van der Waals surface area contributed by atoms with E-state index in [1.807, 2.05) is 0 Å². The van der Waals surface area contributed by atoms with Crippen molar-refractivity contribution in [2.24, 2.45) is 11.7 Å². The maximum Gasteiger partial charge on any atom is 0.0981 e. The largest absolute Gasteiger partial charge is 0.372 e. The van der Waals surface area contributed by atoms with Crippen LogP contribution in [0.3, 0.4) is 0 Å². The molecule has 1 saturated carbocycles. The lowest BCUT2D eigenvalue weighted by Crippen LogP contribution is -2.42. The number of hydrogen-bond acceptors (Lipinski definition) is 2. The van der Waals surface area contributed by atoms with E-state index in [2.05, 4.69) is 24.3 Å². The molecular weight excluding hydrogens is 198 g/mol. The predicted molar refractivity (Wildman–Crippen MR) is 64.2 cm³/mol. The molecule has 2 heteroatoms. The molecule has 0 amide bonds. The highest BCUT2D eigenvalue weighted by atomic mass is 16.5. The first-order valence-corrected chi connectivity index (χ1v) is 6.31. The van der Waals surface area contributed by atoms with Gasteiger partial charge in [0.1, 0.15) is 0 Å². The fourth-order valence-electron chi connectivity index (χ4n) is 2.82. The standard InChI is InChI=1S/C14H19NO/c15-13(11-5-3-6-11)14-12-7-2-1-4-10(12)8-9-16-14/h1-2,4,7,11,13-14H,3,5-6,8-9,15H2. The molecule has 86 valence electrons. The first kappa shape index (κ1) is 10.3. The number of benzene rings is 1. The molecule has 2 aliphatic rings. The molecule has 2 nitrogen and oxygen atoms in total. The molecule has 3 rings (SSSR count). The van der Waals surface area contributed by atoms with Crippen LogP contribution >= 0.6 is 0 Å². The van der Waals surface area contributed by atoms with Crippen LogP contribution in [0, 0.1) is 5.92 Å². The van der Waals surface area contributed by atoms with Crippen LogP contribution in [0.25, 0.3) is 0 Å². The molecule has 0 bridgehead atoms. The molecule has 2 atom stereocenters. The van der Waals surface area contributed by atoms with Gasteiger partial charge in [0.2, 0.25) is 0 Å². The van der Waals surface area contributed by atoms with Crippen molar-refractivity contribution < 1.29 is 4.74 Å². The fraction of sp³-hybridized carbons (Fsp3) is 0.571. The third-order valence-electron chi connectivity index (χ3n) is 4.07. The van der Waals surface area contributed by atoms with Crippen molar-refractivity contribution in [1.29, 1.82) is 0 Å². The van der Waals surface area contributed by atoms with Gasteiger partial charge in [-0.1, -0.05) is 30.7 Å². The zero-order chi connectivity index (χ0) is 11.0. The van der Waals surface area contributed by atoms with Crippen LogP contribution in [0.1, 0.15) is 36.5 Å². The quantitative estimate of drug-likeness (QED) is 0.825. The molecule has 0 aromatic heterocycles. The van der Waals surface area contributed by atoms with Crippen molar-refractivity contribution in [3.8, 4) is 0 Å². The zero-order valence-corrected chi connectivity index (χ0v) is 9.56. The first-order chi connectivity index (χ1) is 7.86. The molecule has 2 unspecified atom stereocenters. The number of ether oxygens (including phenoxy) is 1. The van der Waals surface area contributed by atoms with Crippen LogP contribution < -0.4 is 5.73 Å². The predicted octanol–water partition coefficient (Wildman–Crippen LogP) is 2.43. The summed E-state index contributed by atoms with van der Waals surface area (Å²) in [4.78, 5) is 0. The Morgan fingerprint density at radius 2 is 2.06 bits per heavy atom. The SMILES string of the molecule is NC(C1CCC1)C1OCCc2ccccc21. The summed E-state index contributed by atoms with van der Waals surface area (Å²) < 4.78 is 5.90. The Morgan fingerprint density at radius 3 is 2.81 bits per heavy atom. The summed E-state index contributed by atoms with van der Waals surface area (Å²) in [5, 5.41) is 0. The first-order valence-electron chi connectivity index (χ1n) is 6.31. The van der Waals surface area contributed by atoms with E-state index in [9.17, 15) is 0 Å². The summed E-state index contributed by atoms with van der Waals surface area (Å²) in [6, 6.07) is 8.77.